The smallest absolute Gasteiger partial charge is 0.244 e. The van der Waals surface area contributed by atoms with Crippen LogP contribution in [0, 0.1) is 0 Å². The first-order chi connectivity index (χ1) is 11.5. The van der Waals surface area contributed by atoms with Gasteiger partial charge in [-0.05, 0) is 25.7 Å². The van der Waals surface area contributed by atoms with Gasteiger partial charge in [-0.2, -0.15) is 5.10 Å². The van der Waals surface area contributed by atoms with Gasteiger partial charge in [0.15, 0.2) is 0 Å². The number of imidazole rings is 1. The van der Waals surface area contributed by atoms with E-state index in [2.05, 4.69) is 19.4 Å². The fourth-order valence-electron chi connectivity index (χ4n) is 3.33. The van der Waals surface area contributed by atoms with Gasteiger partial charge in [0.05, 0.1) is 23.6 Å². The zero-order chi connectivity index (χ0) is 17.3. The third-order valence-corrected chi connectivity index (χ3v) is 6.06. The third kappa shape index (κ3) is 3.12. The van der Waals surface area contributed by atoms with Crippen molar-refractivity contribution in [3.05, 3.63) is 29.1 Å². The summed E-state index contributed by atoms with van der Waals surface area (Å²) in [5.41, 5.74) is 2.13. The Morgan fingerprint density at radius 1 is 1.25 bits per heavy atom. The van der Waals surface area contributed by atoms with Crippen LogP contribution >= 0.6 is 0 Å². The van der Waals surface area contributed by atoms with Crippen molar-refractivity contribution >= 4 is 10.0 Å². The molecule has 0 saturated heterocycles. The molecule has 0 saturated carbocycles. The average molecular weight is 351 g/mol. The van der Waals surface area contributed by atoms with E-state index in [9.17, 15) is 8.42 Å². The van der Waals surface area contributed by atoms with Crippen LogP contribution < -0.4 is 4.72 Å². The van der Waals surface area contributed by atoms with Crippen LogP contribution in [0.4, 0.5) is 0 Å². The molecule has 7 nitrogen and oxygen atoms in total. The molecule has 2 aromatic heterocycles. The summed E-state index contributed by atoms with van der Waals surface area (Å²) in [6.45, 7) is 5.05. The summed E-state index contributed by atoms with van der Waals surface area (Å²) in [6.07, 6.45) is 6.44. The summed E-state index contributed by atoms with van der Waals surface area (Å²) in [6, 6.07) is 0. The monoisotopic (exact) mass is 351 g/mol. The molecular formula is C16H25N5O2S. The molecule has 0 bridgehead atoms. The molecule has 0 amide bonds. The molecule has 0 fully saturated rings. The molecule has 0 atom stereocenters. The van der Waals surface area contributed by atoms with Crippen LogP contribution in [0.25, 0.3) is 0 Å². The van der Waals surface area contributed by atoms with Crippen LogP contribution in [-0.4, -0.2) is 27.7 Å². The predicted octanol–water partition coefficient (Wildman–Crippen LogP) is 1.56. The largest absolute Gasteiger partial charge is 0.335 e. The molecular weight excluding hydrogens is 326 g/mol. The van der Waals surface area contributed by atoms with E-state index in [1.807, 2.05) is 20.0 Å². The van der Waals surface area contributed by atoms with E-state index in [1.54, 1.807) is 11.7 Å². The second-order valence-corrected chi connectivity index (χ2v) is 7.88. The Kier molecular flexibility index (Phi) is 4.78. The highest BCUT2D eigenvalue weighted by molar-refractivity contribution is 7.89. The first kappa shape index (κ1) is 17.2. The highest BCUT2D eigenvalue weighted by Crippen LogP contribution is 2.22. The topological polar surface area (TPSA) is 81.8 Å². The number of aryl methyl sites for hydroxylation is 4. The van der Waals surface area contributed by atoms with E-state index in [0.29, 0.717) is 23.4 Å². The number of nitrogens with one attached hydrogen (secondary N) is 1. The minimum Gasteiger partial charge on any atom is -0.335 e. The molecule has 3 heterocycles. The fraction of sp³-hybridized carbons (Fsp3) is 0.625. The van der Waals surface area contributed by atoms with E-state index in [-0.39, 0.29) is 6.54 Å². The van der Waals surface area contributed by atoms with Crippen LogP contribution in [0.2, 0.25) is 0 Å². The van der Waals surface area contributed by atoms with E-state index in [0.717, 1.165) is 43.0 Å². The molecule has 0 radical (unpaired) electrons. The second kappa shape index (κ2) is 6.68. The summed E-state index contributed by atoms with van der Waals surface area (Å²) in [5, 5.41) is 4.35. The Bertz CT molecular complexity index is 812. The van der Waals surface area contributed by atoms with Crippen molar-refractivity contribution in [2.24, 2.45) is 7.05 Å². The van der Waals surface area contributed by atoms with Gasteiger partial charge in [-0.25, -0.2) is 18.1 Å². The van der Waals surface area contributed by atoms with E-state index in [4.69, 9.17) is 0 Å². The lowest BCUT2D eigenvalue weighted by Gasteiger charge is -2.11. The predicted molar refractivity (Wildman–Crippen MR) is 91.2 cm³/mol. The Morgan fingerprint density at radius 2 is 2.04 bits per heavy atom. The summed E-state index contributed by atoms with van der Waals surface area (Å²) in [7, 11) is -1.82. The van der Waals surface area contributed by atoms with Crippen LogP contribution in [0.15, 0.2) is 11.1 Å². The zero-order valence-corrected chi connectivity index (χ0v) is 15.4. The van der Waals surface area contributed by atoms with Gasteiger partial charge < -0.3 is 4.57 Å². The fourth-order valence-corrected chi connectivity index (χ4v) is 4.89. The highest BCUT2D eigenvalue weighted by atomic mass is 32.2. The van der Waals surface area contributed by atoms with Crippen LogP contribution in [0.1, 0.15) is 49.6 Å². The maximum atomic E-state index is 12.8. The molecule has 1 aliphatic heterocycles. The van der Waals surface area contributed by atoms with Crippen molar-refractivity contribution in [1.82, 2.24) is 24.1 Å². The van der Waals surface area contributed by atoms with Gasteiger partial charge in [0.2, 0.25) is 10.0 Å². The molecule has 2 aromatic rings. The number of sulfonamides is 1. The normalized spacial score (nSPS) is 14.8. The molecule has 0 spiro atoms. The van der Waals surface area contributed by atoms with Crippen molar-refractivity contribution in [2.45, 2.75) is 63.9 Å². The minimum absolute atomic E-state index is 0.212. The quantitative estimate of drug-likeness (QED) is 0.856. The molecule has 1 N–H and O–H groups in total. The number of aromatic nitrogens is 4. The Morgan fingerprint density at radius 3 is 2.71 bits per heavy atom. The number of rotatable bonds is 6. The van der Waals surface area contributed by atoms with Gasteiger partial charge in [-0.3, -0.25) is 4.68 Å². The third-order valence-electron chi connectivity index (χ3n) is 4.53. The lowest BCUT2D eigenvalue weighted by Crippen LogP contribution is -2.25. The summed E-state index contributed by atoms with van der Waals surface area (Å²) in [4.78, 5) is 4.89. The highest BCUT2D eigenvalue weighted by Gasteiger charge is 2.26. The second-order valence-electron chi connectivity index (χ2n) is 6.18. The van der Waals surface area contributed by atoms with Crippen molar-refractivity contribution in [3.8, 4) is 0 Å². The lowest BCUT2D eigenvalue weighted by molar-refractivity contribution is 0.522. The molecule has 8 heteroatoms. The minimum atomic E-state index is -3.61. The van der Waals surface area contributed by atoms with E-state index < -0.39 is 10.0 Å². The molecule has 0 aromatic carbocycles. The maximum Gasteiger partial charge on any atom is 0.244 e. The Hall–Kier alpha value is -1.67. The van der Waals surface area contributed by atoms with Gasteiger partial charge in [0, 0.05) is 26.2 Å². The lowest BCUT2D eigenvalue weighted by atomic mass is 10.2. The van der Waals surface area contributed by atoms with E-state index in [1.165, 1.54) is 0 Å². The zero-order valence-electron chi connectivity index (χ0n) is 14.5. The Balaban J connectivity index is 1.83. The van der Waals surface area contributed by atoms with Crippen LogP contribution in [-0.2, 0) is 49.4 Å². The van der Waals surface area contributed by atoms with Crippen molar-refractivity contribution < 1.29 is 8.42 Å². The molecule has 3 rings (SSSR count). The number of hydrogen-bond donors (Lipinski definition) is 1. The summed E-state index contributed by atoms with van der Waals surface area (Å²) >= 11 is 0. The summed E-state index contributed by atoms with van der Waals surface area (Å²) in [5.74, 6) is 1.06. The number of fused-ring (bicyclic) bond motifs is 1. The van der Waals surface area contributed by atoms with Gasteiger partial charge in [0.25, 0.3) is 0 Å². The SMILES string of the molecule is CCc1nn(C)c(CC)c1S(=O)(=O)NCc1cn2c(n1)CCCC2. The molecule has 0 unspecified atom stereocenters. The molecule has 132 valence electrons. The Labute approximate surface area is 143 Å². The van der Waals surface area contributed by atoms with Gasteiger partial charge in [-0.15, -0.1) is 0 Å². The number of nitrogens with zero attached hydrogens (tertiary/aromatic N) is 4. The van der Waals surface area contributed by atoms with Gasteiger partial charge >= 0.3 is 0 Å². The number of hydrogen-bond acceptors (Lipinski definition) is 4. The van der Waals surface area contributed by atoms with Crippen LogP contribution in [0.3, 0.4) is 0 Å². The maximum absolute atomic E-state index is 12.8. The molecule has 24 heavy (non-hydrogen) atoms. The van der Waals surface area contributed by atoms with Crippen molar-refractivity contribution in [3.63, 3.8) is 0 Å². The van der Waals surface area contributed by atoms with Gasteiger partial charge in [0.1, 0.15) is 10.7 Å². The van der Waals surface area contributed by atoms with E-state index >= 15 is 0 Å². The first-order valence-corrected chi connectivity index (χ1v) is 10.0. The average Bonchev–Trinajstić information content (AvgIpc) is 3.13. The van der Waals surface area contributed by atoms with Crippen LogP contribution in [0.5, 0.6) is 0 Å². The van der Waals surface area contributed by atoms with Crippen molar-refractivity contribution in [1.29, 1.82) is 0 Å². The molecule has 1 aliphatic rings. The van der Waals surface area contributed by atoms with Gasteiger partial charge in [-0.1, -0.05) is 13.8 Å². The standard InChI is InChI=1S/C16H25N5O2S/c1-4-13-16(14(5-2)20(3)19-13)24(22,23)17-10-12-11-21-9-7-6-8-15(21)18-12/h11,17H,4-10H2,1-3H3. The molecule has 0 aliphatic carbocycles. The summed E-state index contributed by atoms with van der Waals surface area (Å²) < 4.78 is 32.2. The van der Waals surface area contributed by atoms with Crippen molar-refractivity contribution in [2.75, 3.05) is 0 Å². The first-order valence-electron chi connectivity index (χ1n) is 8.55.